The van der Waals surface area contributed by atoms with Gasteiger partial charge in [0.15, 0.2) is 0 Å². The minimum atomic E-state index is -0.244. The Kier molecular flexibility index (Phi) is 3.17. The van der Waals surface area contributed by atoms with Gasteiger partial charge < -0.3 is 5.73 Å². The van der Waals surface area contributed by atoms with Gasteiger partial charge in [0.05, 0.1) is 4.87 Å². The van der Waals surface area contributed by atoms with Gasteiger partial charge in [-0.15, -0.1) is 11.8 Å². The summed E-state index contributed by atoms with van der Waals surface area (Å²) in [5, 5.41) is 3.38. The molecule has 1 aliphatic heterocycles. The molecule has 1 fully saturated rings. The van der Waals surface area contributed by atoms with Crippen molar-refractivity contribution in [3.05, 3.63) is 0 Å². The van der Waals surface area contributed by atoms with E-state index in [9.17, 15) is 4.79 Å². The predicted octanol–water partition coefficient (Wildman–Crippen LogP) is 1.47. The topological polar surface area (TPSA) is 55.1 Å². The summed E-state index contributed by atoms with van der Waals surface area (Å²) in [6.07, 6.45) is 2.03. The summed E-state index contributed by atoms with van der Waals surface area (Å²) >= 11 is 1.84. The number of primary amides is 1. The van der Waals surface area contributed by atoms with E-state index in [2.05, 4.69) is 33.0 Å². The highest BCUT2D eigenvalue weighted by atomic mass is 32.2. The Morgan fingerprint density at radius 1 is 1.43 bits per heavy atom. The zero-order valence-electron chi connectivity index (χ0n) is 9.39. The minimum Gasteiger partial charge on any atom is -0.368 e. The Bertz CT molecular complexity index is 236. The summed E-state index contributed by atoms with van der Waals surface area (Å²) < 4.78 is -0.0994. The van der Waals surface area contributed by atoms with Gasteiger partial charge in [-0.05, 0) is 26.7 Å². The second-order valence-electron chi connectivity index (χ2n) is 4.39. The van der Waals surface area contributed by atoms with Crippen molar-refractivity contribution in [2.45, 2.75) is 56.2 Å². The fourth-order valence-corrected chi connectivity index (χ4v) is 3.81. The van der Waals surface area contributed by atoms with Crippen LogP contribution in [0.5, 0.6) is 0 Å². The SMILES string of the molecule is CCC1(CC)NC(C(N)=O)C(C)(C)S1. The van der Waals surface area contributed by atoms with Crippen molar-refractivity contribution in [3.63, 3.8) is 0 Å². The lowest BCUT2D eigenvalue weighted by Crippen LogP contribution is -2.51. The van der Waals surface area contributed by atoms with Gasteiger partial charge in [0.2, 0.25) is 5.91 Å². The van der Waals surface area contributed by atoms with Crippen LogP contribution in [0.4, 0.5) is 0 Å². The molecular formula is C10H20N2OS. The Balaban J connectivity index is 2.90. The number of hydrogen-bond donors (Lipinski definition) is 2. The molecule has 4 heteroatoms. The van der Waals surface area contributed by atoms with Crippen molar-refractivity contribution >= 4 is 17.7 Å². The third-order valence-corrected chi connectivity index (χ3v) is 4.84. The fourth-order valence-electron chi connectivity index (χ4n) is 2.04. The molecule has 1 unspecified atom stereocenters. The highest BCUT2D eigenvalue weighted by Crippen LogP contribution is 2.47. The standard InChI is InChI=1S/C10H20N2OS/c1-5-10(6-2)12-7(8(11)13)9(3,4)14-10/h7,12H,5-6H2,1-4H3,(H2,11,13). The van der Waals surface area contributed by atoms with Crippen molar-refractivity contribution in [1.29, 1.82) is 0 Å². The first-order valence-corrected chi connectivity index (χ1v) is 5.95. The molecule has 14 heavy (non-hydrogen) atoms. The first-order valence-electron chi connectivity index (χ1n) is 5.14. The van der Waals surface area contributed by atoms with Crippen molar-refractivity contribution in [1.82, 2.24) is 5.32 Å². The predicted molar refractivity (Wildman–Crippen MR) is 61.1 cm³/mol. The van der Waals surface area contributed by atoms with Gasteiger partial charge in [0, 0.05) is 4.75 Å². The number of carbonyl (C=O) groups excluding carboxylic acids is 1. The average Bonchev–Trinajstić information content (AvgIpc) is 2.38. The number of rotatable bonds is 3. The van der Waals surface area contributed by atoms with Crippen LogP contribution in [-0.4, -0.2) is 21.6 Å². The molecule has 3 N–H and O–H groups in total. The molecule has 1 atom stereocenters. The number of nitrogens with two attached hydrogens (primary N) is 1. The van der Waals surface area contributed by atoms with E-state index in [4.69, 9.17) is 5.73 Å². The van der Waals surface area contributed by atoms with Crippen LogP contribution in [0.2, 0.25) is 0 Å². The molecule has 1 heterocycles. The van der Waals surface area contributed by atoms with Crippen molar-refractivity contribution < 1.29 is 4.79 Å². The Labute approximate surface area is 90.2 Å². The smallest absolute Gasteiger partial charge is 0.236 e. The maximum absolute atomic E-state index is 11.3. The minimum absolute atomic E-state index is 0.0309. The third-order valence-electron chi connectivity index (χ3n) is 2.99. The molecule has 0 aromatic heterocycles. The van der Waals surface area contributed by atoms with Gasteiger partial charge in [-0.25, -0.2) is 0 Å². The second-order valence-corrected chi connectivity index (χ2v) is 6.42. The quantitative estimate of drug-likeness (QED) is 0.751. The summed E-state index contributed by atoms with van der Waals surface area (Å²) in [4.78, 5) is 11.3. The molecule has 0 aliphatic carbocycles. The van der Waals surface area contributed by atoms with E-state index >= 15 is 0 Å². The molecule has 0 aromatic rings. The Hall–Kier alpha value is -0.220. The van der Waals surface area contributed by atoms with Crippen LogP contribution in [0.3, 0.4) is 0 Å². The van der Waals surface area contributed by atoms with Crippen molar-refractivity contribution in [2.24, 2.45) is 5.73 Å². The molecule has 0 bridgehead atoms. The van der Waals surface area contributed by atoms with Crippen molar-refractivity contribution in [2.75, 3.05) is 0 Å². The summed E-state index contributed by atoms with van der Waals surface area (Å²) in [6, 6.07) is -0.215. The van der Waals surface area contributed by atoms with Crippen LogP contribution in [0, 0.1) is 0 Å². The van der Waals surface area contributed by atoms with Crippen LogP contribution in [0.15, 0.2) is 0 Å². The van der Waals surface area contributed by atoms with Gasteiger partial charge >= 0.3 is 0 Å². The van der Waals surface area contributed by atoms with E-state index in [1.165, 1.54) is 0 Å². The summed E-state index contributed by atoms with van der Waals surface area (Å²) in [6.45, 7) is 8.44. The van der Waals surface area contributed by atoms with Gasteiger partial charge in [-0.1, -0.05) is 13.8 Å². The van der Waals surface area contributed by atoms with E-state index in [0.717, 1.165) is 12.8 Å². The molecule has 82 valence electrons. The van der Waals surface area contributed by atoms with Crippen LogP contribution < -0.4 is 11.1 Å². The summed E-state index contributed by atoms with van der Waals surface area (Å²) in [5.74, 6) is -0.244. The largest absolute Gasteiger partial charge is 0.368 e. The van der Waals surface area contributed by atoms with E-state index in [-0.39, 0.29) is 21.6 Å². The number of hydrogen-bond acceptors (Lipinski definition) is 3. The Morgan fingerprint density at radius 2 is 1.93 bits per heavy atom. The molecule has 0 aromatic carbocycles. The van der Waals surface area contributed by atoms with Crippen molar-refractivity contribution in [3.8, 4) is 0 Å². The number of amides is 1. The summed E-state index contributed by atoms with van der Waals surface area (Å²) in [5.41, 5.74) is 5.39. The van der Waals surface area contributed by atoms with E-state index in [1.54, 1.807) is 0 Å². The van der Waals surface area contributed by atoms with Gasteiger partial charge in [0.1, 0.15) is 6.04 Å². The monoisotopic (exact) mass is 216 g/mol. The lowest BCUT2D eigenvalue weighted by atomic mass is 10.0. The van der Waals surface area contributed by atoms with Crippen LogP contribution in [-0.2, 0) is 4.79 Å². The maximum Gasteiger partial charge on any atom is 0.236 e. The molecule has 0 radical (unpaired) electrons. The highest BCUT2D eigenvalue weighted by molar-refractivity contribution is 8.02. The maximum atomic E-state index is 11.3. The molecule has 1 aliphatic rings. The third kappa shape index (κ3) is 1.91. The van der Waals surface area contributed by atoms with E-state index in [1.807, 2.05) is 11.8 Å². The lowest BCUT2D eigenvalue weighted by molar-refractivity contribution is -0.120. The molecule has 0 spiro atoms. The van der Waals surface area contributed by atoms with Gasteiger partial charge in [-0.3, -0.25) is 10.1 Å². The molecule has 0 saturated carbocycles. The zero-order chi connectivity index (χ0) is 11.0. The lowest BCUT2D eigenvalue weighted by Gasteiger charge is -2.26. The summed E-state index contributed by atoms with van der Waals surface area (Å²) in [7, 11) is 0. The van der Waals surface area contributed by atoms with E-state index in [0.29, 0.717) is 0 Å². The number of nitrogens with one attached hydrogen (secondary N) is 1. The molecule has 1 saturated heterocycles. The number of thioether (sulfide) groups is 1. The molecule has 1 amide bonds. The van der Waals surface area contributed by atoms with Crippen LogP contribution in [0.25, 0.3) is 0 Å². The first-order chi connectivity index (χ1) is 6.37. The second kappa shape index (κ2) is 3.74. The normalized spacial score (nSPS) is 29.0. The molecule has 3 nitrogen and oxygen atoms in total. The number of carbonyl (C=O) groups is 1. The zero-order valence-corrected chi connectivity index (χ0v) is 10.2. The average molecular weight is 216 g/mol. The van der Waals surface area contributed by atoms with Gasteiger partial charge in [-0.2, -0.15) is 0 Å². The van der Waals surface area contributed by atoms with E-state index < -0.39 is 0 Å². The van der Waals surface area contributed by atoms with Gasteiger partial charge in [0.25, 0.3) is 0 Å². The van der Waals surface area contributed by atoms with Crippen LogP contribution in [0.1, 0.15) is 40.5 Å². The van der Waals surface area contributed by atoms with Crippen LogP contribution >= 0.6 is 11.8 Å². The first kappa shape index (κ1) is 11.9. The molecular weight excluding hydrogens is 196 g/mol. The Morgan fingerprint density at radius 3 is 2.14 bits per heavy atom. The molecule has 1 rings (SSSR count). The highest BCUT2D eigenvalue weighted by Gasteiger charge is 2.50. The fraction of sp³-hybridized carbons (Fsp3) is 0.900.